The van der Waals surface area contributed by atoms with Crippen molar-refractivity contribution in [2.75, 3.05) is 6.54 Å². The lowest BCUT2D eigenvalue weighted by Gasteiger charge is -2.12. The number of nitrogens with zero attached hydrogens (tertiary/aromatic N) is 3. The quantitative estimate of drug-likeness (QED) is 0.710. The van der Waals surface area contributed by atoms with Crippen LogP contribution in [0.3, 0.4) is 0 Å². The van der Waals surface area contributed by atoms with Crippen LogP contribution in [0.1, 0.15) is 12.7 Å². The first-order valence-corrected chi connectivity index (χ1v) is 7.86. The van der Waals surface area contributed by atoms with Crippen LogP contribution in [0.15, 0.2) is 47.5 Å². The molecule has 7 heteroatoms. The molecule has 1 amide bonds. The maximum atomic E-state index is 12.1. The van der Waals surface area contributed by atoms with Gasteiger partial charge in [0.1, 0.15) is 5.82 Å². The van der Waals surface area contributed by atoms with E-state index in [1.54, 1.807) is 29.1 Å². The monoisotopic (exact) mass is 325 g/mol. The van der Waals surface area contributed by atoms with Crippen molar-refractivity contribution in [2.24, 2.45) is 5.92 Å². The van der Waals surface area contributed by atoms with E-state index in [-0.39, 0.29) is 17.4 Å². The highest BCUT2D eigenvalue weighted by molar-refractivity contribution is 5.78. The van der Waals surface area contributed by atoms with Gasteiger partial charge in [0.05, 0.1) is 23.4 Å². The second-order valence-corrected chi connectivity index (χ2v) is 5.70. The Morgan fingerprint density at radius 1 is 1.33 bits per heavy atom. The van der Waals surface area contributed by atoms with Gasteiger partial charge >= 0.3 is 0 Å². The lowest BCUT2D eigenvalue weighted by atomic mass is 10.1. The van der Waals surface area contributed by atoms with Crippen molar-refractivity contribution in [2.45, 2.75) is 19.9 Å². The summed E-state index contributed by atoms with van der Waals surface area (Å²) in [7, 11) is 0. The molecule has 0 saturated carbocycles. The van der Waals surface area contributed by atoms with Crippen LogP contribution in [-0.4, -0.2) is 32.2 Å². The van der Waals surface area contributed by atoms with E-state index in [1.165, 1.54) is 0 Å². The molecule has 0 saturated heterocycles. The molecular weight excluding hydrogens is 306 g/mol. The minimum absolute atomic E-state index is 0.0476. The summed E-state index contributed by atoms with van der Waals surface area (Å²) < 4.78 is 1.73. The van der Waals surface area contributed by atoms with Crippen molar-refractivity contribution in [1.29, 1.82) is 0 Å². The van der Waals surface area contributed by atoms with Crippen LogP contribution in [0.25, 0.3) is 10.9 Å². The van der Waals surface area contributed by atoms with Crippen molar-refractivity contribution in [1.82, 2.24) is 25.1 Å². The zero-order chi connectivity index (χ0) is 16.9. The number of para-hydroxylation sites is 1. The summed E-state index contributed by atoms with van der Waals surface area (Å²) in [6.07, 6.45) is 3.99. The van der Waals surface area contributed by atoms with Crippen LogP contribution >= 0.6 is 0 Å². The maximum absolute atomic E-state index is 12.1. The van der Waals surface area contributed by atoms with Crippen molar-refractivity contribution in [3.8, 4) is 0 Å². The second-order valence-electron chi connectivity index (χ2n) is 5.70. The van der Waals surface area contributed by atoms with E-state index in [0.717, 1.165) is 0 Å². The number of aromatic amines is 1. The van der Waals surface area contributed by atoms with E-state index in [4.69, 9.17) is 0 Å². The fourth-order valence-electron chi connectivity index (χ4n) is 2.50. The van der Waals surface area contributed by atoms with Crippen molar-refractivity contribution < 1.29 is 4.79 Å². The second kappa shape index (κ2) is 7.08. The highest BCUT2D eigenvalue weighted by Gasteiger charge is 2.13. The number of fused-ring (bicyclic) bond motifs is 1. The van der Waals surface area contributed by atoms with Gasteiger partial charge in [-0.05, 0) is 18.2 Å². The van der Waals surface area contributed by atoms with Gasteiger partial charge in [0.25, 0.3) is 5.56 Å². The number of nitrogens with one attached hydrogen (secondary N) is 2. The van der Waals surface area contributed by atoms with Gasteiger partial charge in [-0.15, -0.1) is 0 Å². The SMILES string of the molecule is CC(Cn1cccn1)C(=O)NCCc1nc2ccccc2c(=O)[nH]1. The van der Waals surface area contributed by atoms with Gasteiger partial charge in [0.2, 0.25) is 5.91 Å². The minimum Gasteiger partial charge on any atom is -0.355 e. The Hall–Kier alpha value is -2.96. The number of hydrogen-bond donors (Lipinski definition) is 2. The van der Waals surface area contributed by atoms with E-state index in [9.17, 15) is 9.59 Å². The number of benzene rings is 1. The Balaban J connectivity index is 1.56. The van der Waals surface area contributed by atoms with Gasteiger partial charge in [0, 0.05) is 25.4 Å². The molecule has 124 valence electrons. The predicted octanol–water partition coefficient (Wildman–Crippen LogP) is 1.11. The Morgan fingerprint density at radius 2 is 2.17 bits per heavy atom. The molecule has 2 heterocycles. The molecule has 3 aromatic rings. The molecule has 24 heavy (non-hydrogen) atoms. The number of amides is 1. The van der Waals surface area contributed by atoms with Gasteiger partial charge in [-0.3, -0.25) is 14.3 Å². The number of hydrogen-bond acceptors (Lipinski definition) is 4. The molecular formula is C17H19N5O2. The molecule has 0 aliphatic heterocycles. The number of H-pyrrole nitrogens is 1. The Bertz CT molecular complexity index is 885. The lowest BCUT2D eigenvalue weighted by molar-refractivity contribution is -0.124. The van der Waals surface area contributed by atoms with Crippen LogP contribution < -0.4 is 10.9 Å². The molecule has 0 bridgehead atoms. The predicted molar refractivity (Wildman–Crippen MR) is 90.5 cm³/mol. The zero-order valence-corrected chi connectivity index (χ0v) is 13.4. The highest BCUT2D eigenvalue weighted by atomic mass is 16.2. The normalized spacial score (nSPS) is 12.2. The van der Waals surface area contributed by atoms with Gasteiger partial charge in [-0.1, -0.05) is 19.1 Å². The topological polar surface area (TPSA) is 92.7 Å². The van der Waals surface area contributed by atoms with Crippen LogP contribution in [0.5, 0.6) is 0 Å². The third-order valence-corrected chi connectivity index (χ3v) is 3.79. The van der Waals surface area contributed by atoms with Crippen molar-refractivity contribution in [3.05, 3.63) is 58.9 Å². The lowest BCUT2D eigenvalue weighted by Crippen LogP contribution is -2.33. The van der Waals surface area contributed by atoms with Crippen LogP contribution in [0.4, 0.5) is 0 Å². The standard InChI is InChI=1S/C17H19N5O2/c1-12(11-22-10-4-8-19-22)16(23)18-9-7-15-20-14-6-3-2-5-13(14)17(24)21-15/h2-6,8,10,12H,7,9,11H2,1H3,(H,18,23)(H,20,21,24). The smallest absolute Gasteiger partial charge is 0.258 e. The van der Waals surface area contributed by atoms with Crippen LogP contribution in [0, 0.1) is 5.92 Å². The zero-order valence-electron chi connectivity index (χ0n) is 13.4. The molecule has 0 aliphatic rings. The number of carbonyl (C=O) groups is 1. The molecule has 1 atom stereocenters. The van der Waals surface area contributed by atoms with E-state index in [2.05, 4.69) is 20.4 Å². The highest BCUT2D eigenvalue weighted by Crippen LogP contribution is 2.06. The van der Waals surface area contributed by atoms with Crippen molar-refractivity contribution >= 4 is 16.8 Å². The fourth-order valence-corrected chi connectivity index (χ4v) is 2.50. The van der Waals surface area contributed by atoms with Gasteiger partial charge < -0.3 is 10.3 Å². The molecule has 2 aromatic heterocycles. The molecule has 0 fully saturated rings. The average Bonchev–Trinajstić information content (AvgIpc) is 3.08. The summed E-state index contributed by atoms with van der Waals surface area (Å²) in [6.45, 7) is 2.81. The first kappa shape index (κ1) is 15.9. The summed E-state index contributed by atoms with van der Waals surface area (Å²) in [6, 6.07) is 9.02. The Morgan fingerprint density at radius 3 is 2.96 bits per heavy atom. The average molecular weight is 325 g/mol. The molecule has 0 aliphatic carbocycles. The van der Waals surface area contributed by atoms with E-state index >= 15 is 0 Å². The summed E-state index contributed by atoms with van der Waals surface area (Å²) in [5, 5.41) is 7.53. The molecule has 0 spiro atoms. The molecule has 2 N–H and O–H groups in total. The molecule has 0 radical (unpaired) electrons. The Kier molecular flexibility index (Phi) is 4.69. The van der Waals surface area contributed by atoms with Crippen LogP contribution in [-0.2, 0) is 17.8 Å². The maximum Gasteiger partial charge on any atom is 0.258 e. The third kappa shape index (κ3) is 3.68. The number of aromatic nitrogens is 4. The number of rotatable bonds is 6. The third-order valence-electron chi connectivity index (χ3n) is 3.79. The Labute approximate surface area is 138 Å². The summed E-state index contributed by atoms with van der Waals surface area (Å²) in [5.74, 6) is 0.334. The summed E-state index contributed by atoms with van der Waals surface area (Å²) >= 11 is 0. The van der Waals surface area contributed by atoms with Gasteiger partial charge in [0.15, 0.2) is 0 Å². The summed E-state index contributed by atoms with van der Waals surface area (Å²) in [4.78, 5) is 31.3. The fraction of sp³-hybridized carbons (Fsp3) is 0.294. The molecule has 3 rings (SSSR count). The first-order chi connectivity index (χ1) is 11.6. The first-order valence-electron chi connectivity index (χ1n) is 7.86. The number of carbonyl (C=O) groups excluding carboxylic acids is 1. The molecule has 7 nitrogen and oxygen atoms in total. The minimum atomic E-state index is -0.187. The summed E-state index contributed by atoms with van der Waals surface area (Å²) in [5.41, 5.74) is 0.503. The van der Waals surface area contributed by atoms with Gasteiger partial charge in [-0.25, -0.2) is 4.98 Å². The molecule has 1 aromatic carbocycles. The van der Waals surface area contributed by atoms with Crippen molar-refractivity contribution in [3.63, 3.8) is 0 Å². The largest absolute Gasteiger partial charge is 0.355 e. The van der Waals surface area contributed by atoms with Gasteiger partial charge in [-0.2, -0.15) is 5.10 Å². The van der Waals surface area contributed by atoms with Crippen LogP contribution in [0.2, 0.25) is 0 Å². The van der Waals surface area contributed by atoms with E-state index in [0.29, 0.717) is 36.2 Å². The molecule has 1 unspecified atom stereocenters. The van der Waals surface area contributed by atoms with E-state index < -0.39 is 0 Å². The van der Waals surface area contributed by atoms with E-state index in [1.807, 2.05) is 25.3 Å².